The maximum Gasteiger partial charge on any atom is 0.316 e. The average molecular weight is 410 g/mol. The molecule has 0 radical (unpaired) electrons. The lowest BCUT2D eigenvalue weighted by Gasteiger charge is -2.43. The molecule has 9 heteroatoms. The molecule has 1 fully saturated rings. The number of ketones is 1. The van der Waals surface area contributed by atoms with Gasteiger partial charge >= 0.3 is 11.9 Å². The molecule has 1 aromatic carbocycles. The zero-order chi connectivity index (χ0) is 21.9. The maximum atomic E-state index is 12.8. The van der Waals surface area contributed by atoms with Gasteiger partial charge in [-0.2, -0.15) is 0 Å². The molecule has 160 valence electrons. The van der Waals surface area contributed by atoms with Gasteiger partial charge in [0, 0.05) is 24.0 Å². The summed E-state index contributed by atoms with van der Waals surface area (Å²) in [6, 6.07) is 3.04. The van der Waals surface area contributed by atoms with E-state index in [9.17, 15) is 19.5 Å². The number of carbonyl (C=O) groups excluding carboxylic acids is 3. The number of benzene rings is 1. The number of Topliss-reactive ketones (excluding diaryl/α,β-unsaturated/α-hetero) is 1. The average Bonchev–Trinajstić information content (AvgIpc) is 2.70. The Hall–Kier alpha value is -2.81. The van der Waals surface area contributed by atoms with Crippen LogP contribution >= 0.6 is 0 Å². The molecular weight excluding hydrogens is 384 g/mol. The van der Waals surface area contributed by atoms with Crippen molar-refractivity contribution >= 4 is 17.7 Å². The van der Waals surface area contributed by atoms with Crippen LogP contribution in [0.3, 0.4) is 0 Å². The molecule has 1 saturated carbocycles. The first-order valence-electron chi connectivity index (χ1n) is 8.87. The minimum Gasteiger partial charge on any atom is -0.496 e. The van der Waals surface area contributed by atoms with Crippen LogP contribution in [0.25, 0.3) is 0 Å². The predicted octanol–water partition coefficient (Wildman–Crippen LogP) is 1.10. The van der Waals surface area contributed by atoms with E-state index in [2.05, 4.69) is 0 Å². The van der Waals surface area contributed by atoms with Crippen molar-refractivity contribution < 1.29 is 43.2 Å². The molecule has 0 aromatic heterocycles. The van der Waals surface area contributed by atoms with Crippen LogP contribution in [0.15, 0.2) is 12.1 Å². The van der Waals surface area contributed by atoms with E-state index in [-0.39, 0.29) is 5.75 Å². The Labute approximate surface area is 168 Å². The number of hydrogen-bond acceptors (Lipinski definition) is 9. The van der Waals surface area contributed by atoms with Gasteiger partial charge in [-0.15, -0.1) is 0 Å². The lowest BCUT2D eigenvalue weighted by molar-refractivity contribution is -0.170. The van der Waals surface area contributed by atoms with E-state index in [1.165, 1.54) is 47.5 Å². The molecule has 2 rings (SSSR count). The summed E-state index contributed by atoms with van der Waals surface area (Å²) in [5.41, 5.74) is -1.44. The second-order valence-corrected chi connectivity index (χ2v) is 6.98. The lowest BCUT2D eigenvalue weighted by Crippen LogP contribution is -2.55. The Morgan fingerprint density at radius 3 is 1.93 bits per heavy atom. The van der Waals surface area contributed by atoms with Crippen LogP contribution in [0, 0.1) is 11.8 Å². The van der Waals surface area contributed by atoms with E-state index in [0.717, 1.165) is 7.11 Å². The first-order chi connectivity index (χ1) is 13.7. The number of carbonyl (C=O) groups is 3. The normalized spacial score (nSPS) is 26.4. The van der Waals surface area contributed by atoms with Crippen molar-refractivity contribution in [2.75, 3.05) is 35.5 Å². The number of ether oxygens (including phenoxy) is 5. The molecule has 1 aliphatic rings. The largest absolute Gasteiger partial charge is 0.496 e. The highest BCUT2D eigenvalue weighted by molar-refractivity contribution is 6.03. The highest BCUT2D eigenvalue weighted by Crippen LogP contribution is 2.50. The van der Waals surface area contributed by atoms with Gasteiger partial charge in [0.05, 0.1) is 47.1 Å². The van der Waals surface area contributed by atoms with Gasteiger partial charge < -0.3 is 28.8 Å². The molecule has 1 aromatic rings. The summed E-state index contributed by atoms with van der Waals surface area (Å²) in [7, 11) is 6.59. The van der Waals surface area contributed by atoms with E-state index in [0.29, 0.717) is 17.1 Å². The van der Waals surface area contributed by atoms with Gasteiger partial charge in [-0.3, -0.25) is 14.4 Å². The monoisotopic (exact) mass is 410 g/mol. The number of rotatable bonds is 6. The van der Waals surface area contributed by atoms with Gasteiger partial charge in [-0.1, -0.05) is 0 Å². The Morgan fingerprint density at radius 1 is 0.931 bits per heavy atom. The van der Waals surface area contributed by atoms with Crippen molar-refractivity contribution in [3.8, 4) is 17.2 Å². The Balaban J connectivity index is 2.83. The van der Waals surface area contributed by atoms with Gasteiger partial charge in [0.25, 0.3) is 0 Å². The highest BCUT2D eigenvalue weighted by atomic mass is 16.5. The highest BCUT2D eigenvalue weighted by Gasteiger charge is 2.57. The second-order valence-electron chi connectivity index (χ2n) is 6.98. The van der Waals surface area contributed by atoms with Crippen LogP contribution in [0.4, 0.5) is 0 Å². The number of methoxy groups -OCH3 is 5. The van der Waals surface area contributed by atoms with Gasteiger partial charge in [-0.25, -0.2) is 0 Å². The van der Waals surface area contributed by atoms with Crippen molar-refractivity contribution in [2.24, 2.45) is 11.8 Å². The third kappa shape index (κ3) is 4.00. The molecule has 1 aliphatic carbocycles. The van der Waals surface area contributed by atoms with Crippen molar-refractivity contribution in [3.63, 3.8) is 0 Å². The third-order valence-electron chi connectivity index (χ3n) is 5.27. The van der Waals surface area contributed by atoms with Crippen LogP contribution < -0.4 is 14.2 Å². The third-order valence-corrected chi connectivity index (χ3v) is 5.27. The number of aliphatic hydroxyl groups is 1. The van der Waals surface area contributed by atoms with Crippen molar-refractivity contribution in [3.05, 3.63) is 17.7 Å². The van der Waals surface area contributed by atoms with Crippen molar-refractivity contribution in [1.29, 1.82) is 0 Å². The molecule has 0 amide bonds. The molecular formula is C20H26O9. The summed E-state index contributed by atoms with van der Waals surface area (Å²) in [6.45, 7) is 1.36. The zero-order valence-electron chi connectivity index (χ0n) is 17.3. The van der Waals surface area contributed by atoms with E-state index >= 15 is 0 Å². The minimum atomic E-state index is -1.75. The van der Waals surface area contributed by atoms with Crippen molar-refractivity contribution in [1.82, 2.24) is 0 Å². The Morgan fingerprint density at radius 2 is 1.45 bits per heavy atom. The molecule has 0 heterocycles. The van der Waals surface area contributed by atoms with Crippen molar-refractivity contribution in [2.45, 2.75) is 24.9 Å². The summed E-state index contributed by atoms with van der Waals surface area (Å²) in [5, 5.41) is 10.9. The van der Waals surface area contributed by atoms with Gasteiger partial charge in [0.2, 0.25) is 0 Å². The molecule has 0 aliphatic heterocycles. The fourth-order valence-corrected chi connectivity index (χ4v) is 3.96. The zero-order valence-corrected chi connectivity index (χ0v) is 17.3. The maximum absolute atomic E-state index is 12.8. The second kappa shape index (κ2) is 8.69. The molecule has 4 unspecified atom stereocenters. The fraction of sp³-hybridized carbons (Fsp3) is 0.550. The summed E-state index contributed by atoms with van der Waals surface area (Å²) < 4.78 is 25.8. The topological polar surface area (TPSA) is 118 Å². The molecule has 4 atom stereocenters. The summed E-state index contributed by atoms with van der Waals surface area (Å²) in [6.07, 6.45) is -0.404. The summed E-state index contributed by atoms with van der Waals surface area (Å²) in [4.78, 5) is 38.0. The SMILES string of the molecule is COC(=O)C1C(=O)CC(C)(O)C(C(=O)OC)C1c1cc(OC)c(OC)cc1OC. The first-order valence-corrected chi connectivity index (χ1v) is 8.87. The summed E-state index contributed by atoms with van der Waals surface area (Å²) in [5.74, 6) is -4.91. The molecule has 0 spiro atoms. The number of hydrogen-bond donors (Lipinski definition) is 1. The Kier molecular flexibility index (Phi) is 6.73. The quantitative estimate of drug-likeness (QED) is 0.543. The molecule has 29 heavy (non-hydrogen) atoms. The van der Waals surface area contributed by atoms with E-state index in [1.807, 2.05) is 0 Å². The van der Waals surface area contributed by atoms with Gasteiger partial charge in [0.1, 0.15) is 11.7 Å². The minimum absolute atomic E-state index is 0.251. The molecule has 9 nitrogen and oxygen atoms in total. The fourth-order valence-electron chi connectivity index (χ4n) is 3.96. The first kappa shape index (κ1) is 22.5. The summed E-state index contributed by atoms with van der Waals surface area (Å²) >= 11 is 0. The molecule has 0 saturated heterocycles. The smallest absolute Gasteiger partial charge is 0.316 e. The van der Waals surface area contributed by atoms with Crippen LogP contribution in [-0.2, 0) is 23.9 Å². The Bertz CT molecular complexity index is 799. The van der Waals surface area contributed by atoms with Crippen LogP contribution in [0.1, 0.15) is 24.8 Å². The van der Waals surface area contributed by atoms with E-state index in [1.54, 1.807) is 0 Å². The van der Waals surface area contributed by atoms with Crippen LogP contribution in [0.2, 0.25) is 0 Å². The molecule has 1 N–H and O–H groups in total. The van der Waals surface area contributed by atoms with E-state index in [4.69, 9.17) is 23.7 Å². The van der Waals surface area contributed by atoms with E-state index < -0.39 is 47.5 Å². The standard InChI is InChI=1S/C20H26O9/c1-20(24)9-11(21)16(18(22)28-5)15(17(20)19(23)29-6)10-7-13(26-3)14(27-4)8-12(10)25-2/h7-8,15-17,24H,9H2,1-6H3. The number of esters is 2. The van der Waals surface area contributed by atoms with Crippen LogP contribution in [-0.4, -0.2) is 64.0 Å². The van der Waals surface area contributed by atoms with Gasteiger partial charge in [0.15, 0.2) is 17.3 Å². The predicted molar refractivity (Wildman–Crippen MR) is 100 cm³/mol. The van der Waals surface area contributed by atoms with Gasteiger partial charge in [-0.05, 0) is 13.0 Å². The molecule has 0 bridgehead atoms. The lowest BCUT2D eigenvalue weighted by atomic mass is 9.61. The van der Waals surface area contributed by atoms with Crippen LogP contribution in [0.5, 0.6) is 17.2 Å².